The summed E-state index contributed by atoms with van der Waals surface area (Å²) in [5, 5.41) is 14.0. The molecule has 1 amide bonds. The SMILES string of the molecule is N#Cc1ccsc1NC(=O)c1ccccc1I. The minimum atomic E-state index is -0.186. The van der Waals surface area contributed by atoms with Crippen molar-refractivity contribution in [3.63, 3.8) is 0 Å². The number of benzene rings is 1. The molecule has 84 valence electrons. The van der Waals surface area contributed by atoms with E-state index in [0.717, 1.165) is 3.57 Å². The maximum atomic E-state index is 12.0. The molecule has 1 heterocycles. The van der Waals surface area contributed by atoms with E-state index in [4.69, 9.17) is 5.26 Å². The molecule has 0 saturated carbocycles. The number of amides is 1. The molecule has 0 spiro atoms. The Morgan fingerprint density at radius 1 is 1.35 bits per heavy atom. The second-order valence-electron chi connectivity index (χ2n) is 3.21. The van der Waals surface area contributed by atoms with Gasteiger partial charge in [0.25, 0.3) is 5.91 Å². The number of carbonyl (C=O) groups is 1. The summed E-state index contributed by atoms with van der Waals surface area (Å²) in [5.41, 5.74) is 1.11. The molecule has 0 fully saturated rings. The highest BCUT2D eigenvalue weighted by Crippen LogP contribution is 2.23. The van der Waals surface area contributed by atoms with Crippen LogP contribution in [0.5, 0.6) is 0 Å². The Morgan fingerprint density at radius 2 is 2.12 bits per heavy atom. The second kappa shape index (κ2) is 5.29. The Labute approximate surface area is 116 Å². The number of thiophene rings is 1. The van der Waals surface area contributed by atoms with E-state index in [0.29, 0.717) is 16.1 Å². The summed E-state index contributed by atoms with van der Waals surface area (Å²) < 4.78 is 0.887. The molecule has 5 heteroatoms. The first kappa shape index (κ1) is 12.1. The predicted molar refractivity (Wildman–Crippen MR) is 76.1 cm³/mol. The van der Waals surface area contributed by atoms with Gasteiger partial charge in [0.2, 0.25) is 0 Å². The average Bonchev–Trinajstić information content (AvgIpc) is 2.76. The van der Waals surface area contributed by atoms with Crippen molar-refractivity contribution >= 4 is 44.8 Å². The van der Waals surface area contributed by atoms with Gasteiger partial charge in [-0.15, -0.1) is 11.3 Å². The highest BCUT2D eigenvalue weighted by molar-refractivity contribution is 14.1. The minimum Gasteiger partial charge on any atom is -0.312 e. The van der Waals surface area contributed by atoms with Crippen molar-refractivity contribution in [2.24, 2.45) is 0 Å². The lowest BCUT2D eigenvalue weighted by molar-refractivity contribution is 0.102. The van der Waals surface area contributed by atoms with Crippen LogP contribution in [0.1, 0.15) is 15.9 Å². The van der Waals surface area contributed by atoms with Gasteiger partial charge in [-0.2, -0.15) is 5.26 Å². The first-order valence-electron chi connectivity index (χ1n) is 4.76. The molecule has 0 radical (unpaired) electrons. The Bertz CT molecular complexity index is 601. The summed E-state index contributed by atoms with van der Waals surface area (Å²) in [7, 11) is 0. The van der Waals surface area contributed by atoms with Crippen molar-refractivity contribution in [2.75, 3.05) is 5.32 Å². The number of carbonyl (C=O) groups excluding carboxylic acids is 1. The largest absolute Gasteiger partial charge is 0.312 e. The van der Waals surface area contributed by atoms with E-state index in [9.17, 15) is 4.79 Å². The predicted octanol–water partition coefficient (Wildman–Crippen LogP) is 3.48. The van der Waals surface area contributed by atoms with E-state index < -0.39 is 0 Å². The van der Waals surface area contributed by atoms with Gasteiger partial charge in [0, 0.05) is 3.57 Å². The van der Waals surface area contributed by atoms with Gasteiger partial charge in [-0.3, -0.25) is 4.79 Å². The molecule has 0 atom stereocenters. The molecule has 1 aromatic heterocycles. The Morgan fingerprint density at radius 3 is 2.82 bits per heavy atom. The van der Waals surface area contributed by atoms with Crippen molar-refractivity contribution in [3.05, 3.63) is 50.4 Å². The van der Waals surface area contributed by atoms with Crippen molar-refractivity contribution < 1.29 is 4.79 Å². The second-order valence-corrected chi connectivity index (χ2v) is 5.29. The van der Waals surface area contributed by atoms with Gasteiger partial charge in [-0.1, -0.05) is 12.1 Å². The lowest BCUT2D eigenvalue weighted by Gasteiger charge is -2.04. The van der Waals surface area contributed by atoms with E-state index in [-0.39, 0.29) is 5.91 Å². The van der Waals surface area contributed by atoms with Crippen molar-refractivity contribution in [2.45, 2.75) is 0 Å². The molecule has 1 N–H and O–H groups in total. The van der Waals surface area contributed by atoms with Gasteiger partial charge in [-0.25, -0.2) is 0 Å². The molecule has 0 bridgehead atoms. The molecular weight excluding hydrogens is 347 g/mol. The number of anilines is 1. The maximum Gasteiger partial charge on any atom is 0.257 e. The van der Waals surface area contributed by atoms with Gasteiger partial charge in [-0.05, 0) is 46.2 Å². The summed E-state index contributed by atoms with van der Waals surface area (Å²) in [6.45, 7) is 0. The molecular formula is C12H7IN2OS. The van der Waals surface area contributed by atoms with Gasteiger partial charge in [0.05, 0.1) is 11.1 Å². The molecule has 0 aliphatic carbocycles. The maximum absolute atomic E-state index is 12.0. The van der Waals surface area contributed by atoms with Crippen LogP contribution >= 0.6 is 33.9 Å². The van der Waals surface area contributed by atoms with Crippen LogP contribution in [0.15, 0.2) is 35.7 Å². The number of halogens is 1. The summed E-state index contributed by atoms with van der Waals surface area (Å²) in [5.74, 6) is -0.186. The first-order valence-corrected chi connectivity index (χ1v) is 6.71. The molecule has 3 nitrogen and oxygen atoms in total. The van der Waals surface area contributed by atoms with Gasteiger partial charge < -0.3 is 5.32 Å². The quantitative estimate of drug-likeness (QED) is 0.840. The van der Waals surface area contributed by atoms with Gasteiger partial charge >= 0.3 is 0 Å². The third kappa shape index (κ3) is 2.65. The molecule has 17 heavy (non-hydrogen) atoms. The number of nitrogens with zero attached hydrogens (tertiary/aromatic N) is 1. The fourth-order valence-electron chi connectivity index (χ4n) is 1.31. The summed E-state index contributed by atoms with van der Waals surface area (Å²) >= 11 is 3.46. The minimum absolute atomic E-state index is 0.186. The highest BCUT2D eigenvalue weighted by Gasteiger charge is 2.12. The fraction of sp³-hybridized carbons (Fsp3) is 0. The number of rotatable bonds is 2. The Hall–Kier alpha value is -1.39. The van der Waals surface area contributed by atoms with E-state index in [1.807, 2.05) is 24.3 Å². The smallest absolute Gasteiger partial charge is 0.257 e. The standard InChI is InChI=1S/C12H7IN2OS/c13-10-4-2-1-3-9(10)11(16)15-12-8(7-14)5-6-17-12/h1-6H,(H,15,16). The summed E-state index contributed by atoms with van der Waals surface area (Å²) in [4.78, 5) is 12.0. The number of nitrogens with one attached hydrogen (secondary N) is 1. The zero-order valence-electron chi connectivity index (χ0n) is 8.61. The third-order valence-electron chi connectivity index (χ3n) is 2.13. The fourth-order valence-corrected chi connectivity index (χ4v) is 2.67. The molecule has 1 aromatic carbocycles. The number of hydrogen-bond donors (Lipinski definition) is 1. The van der Waals surface area contributed by atoms with Crippen molar-refractivity contribution in [1.82, 2.24) is 0 Å². The van der Waals surface area contributed by atoms with E-state index in [1.54, 1.807) is 17.5 Å². The third-order valence-corrected chi connectivity index (χ3v) is 3.90. The summed E-state index contributed by atoms with van der Waals surface area (Å²) in [6, 6.07) is 11.1. The van der Waals surface area contributed by atoms with Gasteiger partial charge in [0.1, 0.15) is 11.1 Å². The molecule has 2 rings (SSSR count). The van der Waals surface area contributed by atoms with Crippen LogP contribution in [0.3, 0.4) is 0 Å². The normalized spacial score (nSPS) is 9.65. The topological polar surface area (TPSA) is 52.9 Å². The van der Waals surface area contributed by atoms with Crippen LogP contribution in [0.25, 0.3) is 0 Å². The first-order chi connectivity index (χ1) is 8.22. The van der Waals surface area contributed by atoms with Crippen LogP contribution in [0, 0.1) is 14.9 Å². The van der Waals surface area contributed by atoms with Crippen LogP contribution < -0.4 is 5.32 Å². The molecule has 0 aliphatic heterocycles. The molecule has 0 aliphatic rings. The van der Waals surface area contributed by atoms with E-state index in [1.165, 1.54) is 11.3 Å². The van der Waals surface area contributed by atoms with Gasteiger partial charge in [0.15, 0.2) is 0 Å². The average molecular weight is 354 g/mol. The van der Waals surface area contributed by atoms with Crippen molar-refractivity contribution in [1.29, 1.82) is 5.26 Å². The van der Waals surface area contributed by atoms with Crippen LogP contribution in [-0.4, -0.2) is 5.91 Å². The van der Waals surface area contributed by atoms with Crippen molar-refractivity contribution in [3.8, 4) is 6.07 Å². The Balaban J connectivity index is 2.24. The van der Waals surface area contributed by atoms with Crippen LogP contribution in [0.2, 0.25) is 0 Å². The lowest BCUT2D eigenvalue weighted by Crippen LogP contribution is -2.13. The summed E-state index contributed by atoms with van der Waals surface area (Å²) in [6.07, 6.45) is 0. The van der Waals surface area contributed by atoms with E-state index in [2.05, 4.69) is 27.9 Å². The zero-order valence-corrected chi connectivity index (χ0v) is 11.6. The lowest BCUT2D eigenvalue weighted by atomic mass is 10.2. The molecule has 0 unspecified atom stereocenters. The molecule has 0 saturated heterocycles. The zero-order chi connectivity index (χ0) is 12.3. The Kier molecular flexibility index (Phi) is 3.76. The highest BCUT2D eigenvalue weighted by atomic mass is 127. The monoisotopic (exact) mass is 354 g/mol. The van der Waals surface area contributed by atoms with Crippen LogP contribution in [-0.2, 0) is 0 Å². The van der Waals surface area contributed by atoms with E-state index >= 15 is 0 Å². The number of nitriles is 1. The number of hydrogen-bond acceptors (Lipinski definition) is 3. The molecule has 2 aromatic rings. The van der Waals surface area contributed by atoms with Crippen LogP contribution in [0.4, 0.5) is 5.00 Å².